The molecule has 1 aromatic heterocycles. The number of carbonyl (C=O) groups excluding carboxylic acids is 1. The number of aromatic nitrogens is 2. The minimum Gasteiger partial charge on any atom is -0.356 e. The van der Waals surface area contributed by atoms with Crippen molar-refractivity contribution in [3.63, 3.8) is 0 Å². The van der Waals surface area contributed by atoms with Gasteiger partial charge in [0.1, 0.15) is 0 Å². The highest BCUT2D eigenvalue weighted by Crippen LogP contribution is 2.14. The summed E-state index contributed by atoms with van der Waals surface area (Å²) in [5.74, 6) is 0.712. The van der Waals surface area contributed by atoms with E-state index in [0.29, 0.717) is 25.5 Å². The van der Waals surface area contributed by atoms with Crippen molar-refractivity contribution in [3.05, 3.63) is 52.8 Å². The lowest BCUT2D eigenvalue weighted by molar-refractivity contribution is -0.121. The average Bonchev–Trinajstić information content (AvgIpc) is 2.92. The van der Waals surface area contributed by atoms with Crippen molar-refractivity contribution >= 4 is 11.9 Å². The molecule has 3 N–H and O–H groups in total. The van der Waals surface area contributed by atoms with E-state index in [-0.39, 0.29) is 11.9 Å². The maximum Gasteiger partial charge on any atom is 0.222 e. The molecule has 0 bridgehead atoms. The number of nitrogens with zero attached hydrogens (tertiary/aromatic N) is 3. The van der Waals surface area contributed by atoms with Gasteiger partial charge in [-0.15, -0.1) is 0 Å². The first-order chi connectivity index (χ1) is 13.4. The van der Waals surface area contributed by atoms with Crippen molar-refractivity contribution in [2.24, 2.45) is 12.0 Å². The average molecular weight is 385 g/mol. The van der Waals surface area contributed by atoms with Crippen LogP contribution in [0.3, 0.4) is 0 Å². The SMILES string of the molecule is CN=C(NCCC(=O)NCc1ccccc1)NC(C)Cc1c(C)nn(C)c1C. The molecule has 0 saturated heterocycles. The molecule has 1 amide bonds. The second-order valence-corrected chi connectivity index (χ2v) is 7.03. The fourth-order valence-corrected chi connectivity index (χ4v) is 3.08. The maximum absolute atomic E-state index is 12.0. The van der Waals surface area contributed by atoms with Crippen molar-refractivity contribution in [2.75, 3.05) is 13.6 Å². The molecule has 2 rings (SSSR count). The third kappa shape index (κ3) is 6.40. The number of aliphatic imine (C=N–C) groups is 1. The minimum absolute atomic E-state index is 0.0152. The van der Waals surface area contributed by atoms with E-state index in [1.165, 1.54) is 11.3 Å². The Labute approximate surface area is 167 Å². The Morgan fingerprint density at radius 2 is 1.93 bits per heavy atom. The Morgan fingerprint density at radius 1 is 1.21 bits per heavy atom. The van der Waals surface area contributed by atoms with E-state index in [2.05, 4.69) is 39.9 Å². The van der Waals surface area contributed by atoms with Gasteiger partial charge in [-0.05, 0) is 38.3 Å². The molecule has 0 aliphatic rings. The summed E-state index contributed by atoms with van der Waals surface area (Å²) in [4.78, 5) is 16.3. The molecule has 1 aromatic carbocycles. The van der Waals surface area contributed by atoms with E-state index in [4.69, 9.17) is 0 Å². The lowest BCUT2D eigenvalue weighted by atomic mass is 10.1. The molecule has 7 heteroatoms. The Hall–Kier alpha value is -2.83. The van der Waals surface area contributed by atoms with Crippen LogP contribution in [0.4, 0.5) is 0 Å². The molecule has 1 atom stereocenters. The van der Waals surface area contributed by atoms with Crippen LogP contribution in [0.2, 0.25) is 0 Å². The largest absolute Gasteiger partial charge is 0.356 e. The molecule has 28 heavy (non-hydrogen) atoms. The Kier molecular flexibility index (Phi) is 8.04. The topological polar surface area (TPSA) is 83.3 Å². The number of carbonyl (C=O) groups is 1. The number of hydrogen-bond donors (Lipinski definition) is 3. The molecule has 7 nitrogen and oxygen atoms in total. The van der Waals surface area contributed by atoms with Crippen molar-refractivity contribution in [2.45, 2.75) is 46.2 Å². The minimum atomic E-state index is 0.0152. The lowest BCUT2D eigenvalue weighted by Crippen LogP contribution is -2.44. The highest BCUT2D eigenvalue weighted by atomic mass is 16.1. The molecule has 0 aliphatic heterocycles. The summed E-state index contributed by atoms with van der Waals surface area (Å²) in [6.07, 6.45) is 1.26. The number of rotatable bonds is 8. The predicted octanol–water partition coefficient (Wildman–Crippen LogP) is 1.84. The second-order valence-electron chi connectivity index (χ2n) is 7.03. The summed E-state index contributed by atoms with van der Waals surface area (Å²) >= 11 is 0. The van der Waals surface area contributed by atoms with Gasteiger partial charge in [0, 0.05) is 45.3 Å². The van der Waals surface area contributed by atoms with Crippen LogP contribution < -0.4 is 16.0 Å². The molecule has 0 radical (unpaired) electrons. The Morgan fingerprint density at radius 3 is 2.54 bits per heavy atom. The maximum atomic E-state index is 12.0. The molecule has 0 aliphatic carbocycles. The lowest BCUT2D eigenvalue weighted by Gasteiger charge is -2.18. The van der Waals surface area contributed by atoms with E-state index >= 15 is 0 Å². The predicted molar refractivity (Wildman–Crippen MR) is 113 cm³/mol. The first-order valence-electron chi connectivity index (χ1n) is 9.67. The fourth-order valence-electron chi connectivity index (χ4n) is 3.08. The third-order valence-electron chi connectivity index (χ3n) is 4.75. The van der Waals surface area contributed by atoms with E-state index < -0.39 is 0 Å². The van der Waals surface area contributed by atoms with Crippen LogP contribution in [0, 0.1) is 13.8 Å². The highest BCUT2D eigenvalue weighted by Gasteiger charge is 2.14. The number of amides is 1. The summed E-state index contributed by atoms with van der Waals surface area (Å²) in [7, 11) is 3.70. The van der Waals surface area contributed by atoms with Gasteiger partial charge in [-0.1, -0.05) is 30.3 Å². The van der Waals surface area contributed by atoms with Crippen LogP contribution in [-0.4, -0.2) is 41.3 Å². The van der Waals surface area contributed by atoms with Crippen molar-refractivity contribution in [1.82, 2.24) is 25.7 Å². The molecule has 0 fully saturated rings. The Bertz CT molecular complexity index is 797. The summed E-state index contributed by atoms with van der Waals surface area (Å²) < 4.78 is 1.92. The smallest absolute Gasteiger partial charge is 0.222 e. The van der Waals surface area contributed by atoms with Gasteiger partial charge in [0.2, 0.25) is 5.91 Å². The zero-order chi connectivity index (χ0) is 20.5. The van der Waals surface area contributed by atoms with Gasteiger partial charge in [0.25, 0.3) is 0 Å². The molecule has 0 spiro atoms. The van der Waals surface area contributed by atoms with E-state index in [1.807, 2.05) is 49.0 Å². The number of nitrogens with one attached hydrogen (secondary N) is 3. The van der Waals surface area contributed by atoms with Crippen LogP contribution in [0.15, 0.2) is 35.3 Å². The zero-order valence-electron chi connectivity index (χ0n) is 17.5. The van der Waals surface area contributed by atoms with E-state index in [9.17, 15) is 4.79 Å². The summed E-state index contributed by atoms with van der Waals surface area (Å²) in [6.45, 7) is 7.32. The first kappa shape index (κ1) is 21.5. The molecule has 2 aromatic rings. The van der Waals surface area contributed by atoms with Crippen LogP contribution in [0.25, 0.3) is 0 Å². The molecular formula is C21H32N6O. The van der Waals surface area contributed by atoms with Gasteiger partial charge in [-0.3, -0.25) is 14.5 Å². The fraction of sp³-hybridized carbons (Fsp3) is 0.476. The van der Waals surface area contributed by atoms with Gasteiger partial charge in [-0.2, -0.15) is 5.10 Å². The van der Waals surface area contributed by atoms with Gasteiger partial charge < -0.3 is 16.0 Å². The third-order valence-corrected chi connectivity index (χ3v) is 4.75. The monoisotopic (exact) mass is 384 g/mol. The van der Waals surface area contributed by atoms with Crippen LogP contribution in [0.5, 0.6) is 0 Å². The normalized spacial score (nSPS) is 12.5. The number of guanidine groups is 1. The molecule has 1 heterocycles. The van der Waals surface area contributed by atoms with Crippen molar-refractivity contribution in [1.29, 1.82) is 0 Å². The van der Waals surface area contributed by atoms with Crippen LogP contribution in [0.1, 0.15) is 35.9 Å². The quantitative estimate of drug-likeness (QED) is 0.479. The van der Waals surface area contributed by atoms with Crippen molar-refractivity contribution in [3.8, 4) is 0 Å². The first-order valence-corrected chi connectivity index (χ1v) is 9.67. The van der Waals surface area contributed by atoms with Gasteiger partial charge >= 0.3 is 0 Å². The van der Waals surface area contributed by atoms with Crippen LogP contribution in [-0.2, 0) is 24.8 Å². The van der Waals surface area contributed by atoms with Gasteiger partial charge in [0.15, 0.2) is 5.96 Å². The number of aryl methyl sites for hydroxylation is 2. The van der Waals surface area contributed by atoms with E-state index in [0.717, 1.165) is 17.7 Å². The Balaban J connectivity index is 1.72. The summed E-state index contributed by atoms with van der Waals surface area (Å²) in [6, 6.07) is 10.1. The van der Waals surface area contributed by atoms with Crippen molar-refractivity contribution < 1.29 is 4.79 Å². The van der Waals surface area contributed by atoms with Gasteiger partial charge in [0.05, 0.1) is 5.69 Å². The highest BCUT2D eigenvalue weighted by molar-refractivity contribution is 5.81. The number of benzene rings is 1. The van der Waals surface area contributed by atoms with Crippen LogP contribution >= 0.6 is 0 Å². The molecule has 0 saturated carbocycles. The second kappa shape index (κ2) is 10.5. The molecule has 152 valence electrons. The van der Waals surface area contributed by atoms with Gasteiger partial charge in [-0.25, -0.2) is 0 Å². The zero-order valence-corrected chi connectivity index (χ0v) is 17.5. The number of hydrogen-bond acceptors (Lipinski definition) is 3. The summed E-state index contributed by atoms with van der Waals surface area (Å²) in [5, 5.41) is 14.0. The standard InChI is InChI=1S/C21H32N6O/c1-15(13-19-16(2)26-27(5)17(19)3)25-21(22-4)23-12-11-20(28)24-14-18-9-7-6-8-10-18/h6-10,15H,11-14H2,1-5H3,(H,24,28)(H2,22,23,25). The summed E-state index contributed by atoms with van der Waals surface area (Å²) in [5.41, 5.74) is 4.60. The molecule has 1 unspecified atom stereocenters. The van der Waals surface area contributed by atoms with E-state index in [1.54, 1.807) is 7.05 Å². The molecular weight excluding hydrogens is 352 g/mol.